The molecule has 22 heavy (non-hydrogen) atoms. The Labute approximate surface area is 128 Å². The van der Waals surface area contributed by atoms with Gasteiger partial charge >= 0.3 is 0 Å². The highest BCUT2D eigenvalue weighted by Crippen LogP contribution is 2.15. The zero-order valence-corrected chi connectivity index (χ0v) is 12.5. The Morgan fingerprint density at radius 2 is 1.86 bits per heavy atom. The molecule has 0 aliphatic carbocycles. The quantitative estimate of drug-likeness (QED) is 0.805. The first-order valence-corrected chi connectivity index (χ1v) is 7.10. The van der Waals surface area contributed by atoms with Crippen molar-refractivity contribution in [2.75, 3.05) is 5.32 Å². The van der Waals surface area contributed by atoms with Crippen LogP contribution in [0.4, 0.5) is 5.82 Å². The lowest BCUT2D eigenvalue weighted by molar-refractivity contribution is 0.102. The third-order valence-corrected chi connectivity index (χ3v) is 3.30. The van der Waals surface area contributed by atoms with Gasteiger partial charge in [0.05, 0.1) is 11.9 Å². The van der Waals surface area contributed by atoms with Crippen molar-refractivity contribution in [3.63, 3.8) is 0 Å². The van der Waals surface area contributed by atoms with Crippen LogP contribution in [0.2, 0.25) is 0 Å². The summed E-state index contributed by atoms with van der Waals surface area (Å²) in [5.41, 5.74) is 1.50. The number of rotatable bonds is 4. The van der Waals surface area contributed by atoms with Crippen molar-refractivity contribution in [2.45, 2.75) is 19.9 Å². The number of aromatic nitrogens is 4. The molecule has 3 aromatic rings. The molecule has 0 aliphatic rings. The third kappa shape index (κ3) is 2.76. The summed E-state index contributed by atoms with van der Waals surface area (Å²) in [6, 6.07) is 11.1. The molecule has 1 N–H and O–H groups in total. The summed E-state index contributed by atoms with van der Waals surface area (Å²) < 4.78 is 3.52. The van der Waals surface area contributed by atoms with Gasteiger partial charge in [-0.15, -0.1) is 0 Å². The van der Waals surface area contributed by atoms with E-state index in [0.717, 1.165) is 5.69 Å². The van der Waals surface area contributed by atoms with Crippen molar-refractivity contribution >= 4 is 11.7 Å². The number of carbonyl (C=O) groups is 1. The maximum absolute atomic E-state index is 12.3. The lowest BCUT2D eigenvalue weighted by Gasteiger charge is -2.12. The molecular weight excluding hydrogens is 278 g/mol. The van der Waals surface area contributed by atoms with Gasteiger partial charge in [0.25, 0.3) is 5.91 Å². The summed E-state index contributed by atoms with van der Waals surface area (Å²) in [5, 5.41) is 11.2. The van der Waals surface area contributed by atoms with Crippen LogP contribution in [0.5, 0.6) is 0 Å². The van der Waals surface area contributed by atoms with Gasteiger partial charge in [-0.2, -0.15) is 10.2 Å². The molecule has 3 rings (SSSR count). The molecule has 0 saturated heterocycles. The van der Waals surface area contributed by atoms with Crippen LogP contribution < -0.4 is 5.32 Å². The van der Waals surface area contributed by atoms with Gasteiger partial charge in [-0.05, 0) is 44.2 Å². The smallest absolute Gasteiger partial charge is 0.256 e. The van der Waals surface area contributed by atoms with Gasteiger partial charge < -0.3 is 5.32 Å². The molecule has 1 aromatic carbocycles. The van der Waals surface area contributed by atoms with Crippen molar-refractivity contribution in [3.05, 3.63) is 60.6 Å². The molecule has 0 unspecified atom stereocenters. The lowest BCUT2D eigenvalue weighted by Crippen LogP contribution is -2.16. The maximum Gasteiger partial charge on any atom is 0.256 e. The molecule has 0 radical (unpaired) electrons. The Morgan fingerprint density at radius 1 is 1.09 bits per heavy atom. The number of nitrogens with zero attached hydrogens (tertiary/aromatic N) is 4. The molecule has 0 fully saturated rings. The fraction of sp³-hybridized carbons (Fsp3) is 0.188. The topological polar surface area (TPSA) is 64.7 Å². The highest BCUT2D eigenvalue weighted by molar-refractivity contribution is 6.03. The van der Waals surface area contributed by atoms with E-state index < -0.39 is 0 Å². The molecule has 2 aromatic heterocycles. The van der Waals surface area contributed by atoms with Crippen molar-refractivity contribution in [3.8, 4) is 5.69 Å². The Morgan fingerprint density at radius 3 is 2.50 bits per heavy atom. The van der Waals surface area contributed by atoms with E-state index in [9.17, 15) is 4.79 Å². The van der Waals surface area contributed by atoms with E-state index in [1.54, 1.807) is 40.0 Å². The van der Waals surface area contributed by atoms with Crippen LogP contribution in [0.15, 0.2) is 55.0 Å². The molecule has 0 saturated carbocycles. The molecule has 2 heterocycles. The van der Waals surface area contributed by atoms with Crippen molar-refractivity contribution in [1.82, 2.24) is 19.6 Å². The number of nitrogens with one attached hydrogen (secondary N) is 1. The van der Waals surface area contributed by atoms with E-state index in [2.05, 4.69) is 15.5 Å². The number of amides is 1. The van der Waals surface area contributed by atoms with Gasteiger partial charge in [0, 0.05) is 30.1 Å². The van der Waals surface area contributed by atoms with Crippen LogP contribution in [-0.2, 0) is 0 Å². The van der Waals surface area contributed by atoms with E-state index >= 15 is 0 Å². The SMILES string of the molecule is CC(C)n1nccc1NC(=O)c1ccc(-n2cccn2)cc1. The molecule has 6 heteroatoms. The van der Waals surface area contributed by atoms with Gasteiger partial charge in [-0.1, -0.05) is 0 Å². The van der Waals surface area contributed by atoms with Gasteiger partial charge in [0.1, 0.15) is 5.82 Å². The minimum atomic E-state index is -0.158. The van der Waals surface area contributed by atoms with Crippen LogP contribution in [0.25, 0.3) is 5.69 Å². The van der Waals surface area contributed by atoms with Gasteiger partial charge in [-0.25, -0.2) is 9.36 Å². The molecule has 112 valence electrons. The summed E-state index contributed by atoms with van der Waals surface area (Å²) in [6.07, 6.45) is 5.25. The second-order valence-corrected chi connectivity index (χ2v) is 5.21. The second kappa shape index (κ2) is 5.85. The number of hydrogen-bond donors (Lipinski definition) is 1. The first kappa shape index (κ1) is 14.1. The molecule has 1 amide bonds. The third-order valence-electron chi connectivity index (χ3n) is 3.30. The lowest BCUT2D eigenvalue weighted by atomic mass is 10.2. The second-order valence-electron chi connectivity index (χ2n) is 5.21. The minimum absolute atomic E-state index is 0.158. The summed E-state index contributed by atoms with van der Waals surface area (Å²) in [6.45, 7) is 4.03. The summed E-state index contributed by atoms with van der Waals surface area (Å²) in [4.78, 5) is 12.3. The zero-order valence-electron chi connectivity index (χ0n) is 12.5. The van der Waals surface area contributed by atoms with E-state index in [1.165, 1.54) is 0 Å². The molecular formula is C16H17N5O. The van der Waals surface area contributed by atoms with E-state index in [4.69, 9.17) is 0 Å². The fourth-order valence-electron chi connectivity index (χ4n) is 2.20. The molecule has 0 spiro atoms. The maximum atomic E-state index is 12.3. The van der Waals surface area contributed by atoms with Gasteiger partial charge in [-0.3, -0.25) is 4.79 Å². The average molecular weight is 295 g/mol. The average Bonchev–Trinajstić information content (AvgIpc) is 3.18. The molecule has 6 nitrogen and oxygen atoms in total. The Balaban J connectivity index is 1.76. The van der Waals surface area contributed by atoms with Crippen LogP contribution in [0.1, 0.15) is 30.2 Å². The minimum Gasteiger partial charge on any atom is -0.307 e. The van der Waals surface area contributed by atoms with E-state index in [-0.39, 0.29) is 11.9 Å². The predicted octanol–water partition coefficient (Wildman–Crippen LogP) is 2.90. The number of benzene rings is 1. The van der Waals surface area contributed by atoms with Crippen LogP contribution in [-0.4, -0.2) is 25.5 Å². The van der Waals surface area contributed by atoms with E-state index in [1.807, 2.05) is 38.2 Å². The van der Waals surface area contributed by atoms with Gasteiger partial charge in [0.15, 0.2) is 0 Å². The standard InChI is InChI=1S/C16H17N5O/c1-12(2)21-15(8-10-18-21)19-16(22)13-4-6-14(7-5-13)20-11-3-9-17-20/h3-12H,1-2H3,(H,19,22). The highest BCUT2D eigenvalue weighted by Gasteiger charge is 2.11. The monoisotopic (exact) mass is 295 g/mol. The summed E-state index contributed by atoms with van der Waals surface area (Å²) in [5.74, 6) is 0.533. The van der Waals surface area contributed by atoms with E-state index in [0.29, 0.717) is 11.4 Å². The summed E-state index contributed by atoms with van der Waals surface area (Å²) in [7, 11) is 0. The van der Waals surface area contributed by atoms with Crippen LogP contribution in [0.3, 0.4) is 0 Å². The Kier molecular flexibility index (Phi) is 3.74. The number of hydrogen-bond acceptors (Lipinski definition) is 3. The Hall–Kier alpha value is -2.89. The van der Waals surface area contributed by atoms with Crippen molar-refractivity contribution in [1.29, 1.82) is 0 Å². The molecule has 0 atom stereocenters. The molecule has 0 bridgehead atoms. The predicted molar refractivity (Wildman–Crippen MR) is 84.1 cm³/mol. The van der Waals surface area contributed by atoms with Crippen LogP contribution >= 0.6 is 0 Å². The van der Waals surface area contributed by atoms with Gasteiger partial charge in [0.2, 0.25) is 0 Å². The van der Waals surface area contributed by atoms with Crippen LogP contribution in [0, 0.1) is 0 Å². The fourth-order valence-corrected chi connectivity index (χ4v) is 2.20. The summed E-state index contributed by atoms with van der Waals surface area (Å²) >= 11 is 0. The van der Waals surface area contributed by atoms with Crippen molar-refractivity contribution in [2.24, 2.45) is 0 Å². The number of carbonyl (C=O) groups excluding carboxylic acids is 1. The Bertz CT molecular complexity index is 756. The first-order chi connectivity index (χ1) is 10.6. The van der Waals surface area contributed by atoms with Crippen molar-refractivity contribution < 1.29 is 4.79 Å². The normalized spacial score (nSPS) is 10.9. The molecule has 0 aliphatic heterocycles. The largest absolute Gasteiger partial charge is 0.307 e. The zero-order chi connectivity index (χ0) is 15.5. The first-order valence-electron chi connectivity index (χ1n) is 7.10. The highest BCUT2D eigenvalue weighted by atomic mass is 16.1. The number of anilines is 1.